The molecular weight excluding hydrogens is 353 g/mol. The highest BCUT2D eigenvalue weighted by atomic mass is 35.5. The molecule has 3 aromatic rings. The summed E-state index contributed by atoms with van der Waals surface area (Å²) < 4.78 is 19.8. The first-order valence-corrected chi connectivity index (χ1v) is 7.56. The summed E-state index contributed by atoms with van der Waals surface area (Å²) in [6.07, 6.45) is 3.64. The lowest BCUT2D eigenvalue weighted by Gasteiger charge is -2.09. The summed E-state index contributed by atoms with van der Waals surface area (Å²) in [7, 11) is 0. The molecule has 0 spiro atoms. The molecule has 0 saturated heterocycles. The van der Waals surface area contributed by atoms with Gasteiger partial charge in [-0.1, -0.05) is 16.8 Å². The third kappa shape index (κ3) is 4.17. The highest BCUT2D eigenvalue weighted by Gasteiger charge is 2.17. The van der Waals surface area contributed by atoms with Crippen LogP contribution in [0.2, 0.25) is 5.02 Å². The van der Waals surface area contributed by atoms with Crippen molar-refractivity contribution in [2.24, 2.45) is 4.99 Å². The van der Waals surface area contributed by atoms with Gasteiger partial charge in [0.25, 0.3) is 0 Å². The van der Waals surface area contributed by atoms with Crippen molar-refractivity contribution in [3.63, 3.8) is 0 Å². The molecule has 25 heavy (non-hydrogen) atoms. The van der Waals surface area contributed by atoms with Crippen LogP contribution in [0.25, 0.3) is 0 Å². The zero-order chi connectivity index (χ0) is 17.6. The van der Waals surface area contributed by atoms with Gasteiger partial charge in [0, 0.05) is 18.7 Å². The van der Waals surface area contributed by atoms with Crippen LogP contribution in [0.4, 0.5) is 10.1 Å². The lowest BCUT2D eigenvalue weighted by Crippen LogP contribution is -2.17. The van der Waals surface area contributed by atoms with Crippen molar-refractivity contribution in [2.45, 2.75) is 13.0 Å². The van der Waals surface area contributed by atoms with E-state index in [0.717, 1.165) is 0 Å². The number of amidine groups is 1. The molecule has 0 aliphatic rings. The normalized spacial score (nSPS) is 11.7. The van der Waals surface area contributed by atoms with Crippen molar-refractivity contribution in [1.29, 1.82) is 0 Å². The summed E-state index contributed by atoms with van der Waals surface area (Å²) in [5, 5.41) is 27.2. The van der Waals surface area contributed by atoms with E-state index in [1.807, 2.05) is 0 Å². The van der Waals surface area contributed by atoms with Crippen molar-refractivity contribution in [3.05, 3.63) is 53.1 Å². The minimum atomic E-state index is -0.536. The van der Waals surface area contributed by atoms with Gasteiger partial charge in [0.1, 0.15) is 30.9 Å². The third-order valence-electron chi connectivity index (χ3n) is 3.27. The first kappa shape index (κ1) is 17.0. The second-order valence-electron chi connectivity index (χ2n) is 4.91. The molecule has 0 aliphatic carbocycles. The van der Waals surface area contributed by atoms with Crippen LogP contribution in [0.3, 0.4) is 0 Å². The third-order valence-corrected chi connectivity index (χ3v) is 3.55. The van der Waals surface area contributed by atoms with Gasteiger partial charge in [-0.15, -0.1) is 10.2 Å². The van der Waals surface area contributed by atoms with E-state index >= 15 is 0 Å². The van der Waals surface area contributed by atoms with E-state index in [-0.39, 0.29) is 10.9 Å². The number of nitrogens with zero attached hydrogens (tertiary/aromatic N) is 6. The number of anilines is 1. The Morgan fingerprint density at radius 3 is 2.84 bits per heavy atom. The maximum Gasteiger partial charge on any atom is 0.173 e. The van der Waals surface area contributed by atoms with Gasteiger partial charge in [-0.2, -0.15) is 0 Å². The van der Waals surface area contributed by atoms with Gasteiger partial charge in [-0.25, -0.2) is 14.0 Å². The average molecular weight is 366 g/mol. The molecule has 2 aromatic heterocycles. The van der Waals surface area contributed by atoms with E-state index in [9.17, 15) is 9.50 Å². The van der Waals surface area contributed by atoms with Crippen LogP contribution in [-0.4, -0.2) is 42.8 Å². The average Bonchev–Trinajstić information content (AvgIpc) is 3.27. The van der Waals surface area contributed by atoms with Gasteiger partial charge in [-0.05, 0) is 23.4 Å². The maximum absolute atomic E-state index is 13.3. The molecule has 0 atom stereocenters. The number of halogens is 2. The van der Waals surface area contributed by atoms with Gasteiger partial charge in [0.05, 0.1) is 5.02 Å². The Bertz CT molecular complexity index is 866. The SMILES string of the molecule is OC/N=C(\Nc1ccc(F)c(Cl)c1)c1nonc1CCn1cnnc1. The smallest absolute Gasteiger partial charge is 0.173 e. The number of hydrogen-bond acceptors (Lipinski definition) is 7. The Balaban J connectivity index is 1.80. The second-order valence-corrected chi connectivity index (χ2v) is 5.32. The lowest BCUT2D eigenvalue weighted by atomic mass is 10.2. The largest absolute Gasteiger partial charge is 0.374 e. The van der Waals surface area contributed by atoms with Crippen LogP contribution in [-0.2, 0) is 13.0 Å². The molecule has 11 heteroatoms. The lowest BCUT2D eigenvalue weighted by molar-refractivity contribution is 0.301. The number of aryl methyl sites for hydroxylation is 2. The van der Waals surface area contributed by atoms with E-state index in [1.165, 1.54) is 18.2 Å². The number of aliphatic hydroxyl groups excluding tert-OH is 1. The summed E-state index contributed by atoms with van der Waals surface area (Å²) in [5.74, 6) is -0.309. The molecular formula is C14H13ClFN7O2. The van der Waals surface area contributed by atoms with Gasteiger partial charge in [-0.3, -0.25) is 0 Å². The molecule has 3 rings (SSSR count). The molecule has 0 amide bonds. The van der Waals surface area contributed by atoms with Crippen molar-refractivity contribution in [2.75, 3.05) is 12.0 Å². The monoisotopic (exact) mass is 365 g/mol. The minimum Gasteiger partial charge on any atom is -0.374 e. The van der Waals surface area contributed by atoms with Crippen LogP contribution < -0.4 is 5.32 Å². The number of aliphatic imine (C=N–C) groups is 1. The molecule has 0 unspecified atom stereocenters. The predicted molar refractivity (Wildman–Crippen MR) is 86.7 cm³/mol. The first-order chi connectivity index (χ1) is 12.2. The highest BCUT2D eigenvalue weighted by Crippen LogP contribution is 2.20. The summed E-state index contributed by atoms with van der Waals surface area (Å²) in [5.41, 5.74) is 1.34. The Kier molecular flexibility index (Phi) is 5.31. The molecule has 2 N–H and O–H groups in total. The zero-order valence-corrected chi connectivity index (χ0v) is 13.6. The molecule has 0 saturated carbocycles. The van der Waals surface area contributed by atoms with Gasteiger partial charge >= 0.3 is 0 Å². The molecule has 0 bridgehead atoms. The van der Waals surface area contributed by atoms with Gasteiger partial charge < -0.3 is 15.0 Å². The second kappa shape index (κ2) is 7.81. The number of benzene rings is 1. The fraction of sp³-hybridized carbons (Fsp3) is 0.214. The molecule has 0 radical (unpaired) electrons. The molecule has 130 valence electrons. The van der Waals surface area contributed by atoms with E-state index in [0.29, 0.717) is 30.0 Å². The Labute approximate surface area is 146 Å². The topological polar surface area (TPSA) is 114 Å². The standard InChI is InChI=1S/C14H13ClFN7O2/c15-10-5-9(1-2-11(10)16)20-14(17-8-24)13-12(21-25-22-13)3-4-23-6-18-19-7-23/h1-2,5-7,24H,3-4,8H2,(H,17,20). The fourth-order valence-corrected chi connectivity index (χ4v) is 2.26. The molecule has 1 aromatic carbocycles. The van der Waals surface area contributed by atoms with Crippen LogP contribution in [0, 0.1) is 5.82 Å². The molecule has 9 nitrogen and oxygen atoms in total. The predicted octanol–water partition coefficient (Wildman–Crippen LogP) is 1.50. The number of nitrogens with one attached hydrogen (secondary N) is 1. The van der Waals surface area contributed by atoms with E-state index < -0.39 is 12.5 Å². The molecule has 0 fully saturated rings. The Hall–Kier alpha value is -2.85. The molecule has 2 heterocycles. The van der Waals surface area contributed by atoms with Crippen molar-refractivity contribution < 1.29 is 14.1 Å². The Morgan fingerprint density at radius 2 is 2.12 bits per heavy atom. The van der Waals surface area contributed by atoms with Crippen molar-refractivity contribution in [3.8, 4) is 0 Å². The minimum absolute atomic E-state index is 0.0422. The van der Waals surface area contributed by atoms with E-state index in [4.69, 9.17) is 16.2 Å². The number of aromatic nitrogens is 5. The van der Waals surface area contributed by atoms with E-state index in [1.54, 1.807) is 17.2 Å². The molecule has 0 aliphatic heterocycles. The summed E-state index contributed by atoms with van der Waals surface area (Å²) in [6.45, 7) is 0.0813. The highest BCUT2D eigenvalue weighted by molar-refractivity contribution is 6.31. The van der Waals surface area contributed by atoms with Gasteiger partial charge in [0.2, 0.25) is 0 Å². The summed E-state index contributed by atoms with van der Waals surface area (Å²) >= 11 is 5.77. The zero-order valence-electron chi connectivity index (χ0n) is 12.8. The van der Waals surface area contributed by atoms with Crippen LogP contribution >= 0.6 is 11.6 Å². The Morgan fingerprint density at radius 1 is 1.32 bits per heavy atom. The van der Waals surface area contributed by atoms with Crippen LogP contribution in [0.1, 0.15) is 11.4 Å². The summed E-state index contributed by atoms with van der Waals surface area (Å²) in [4.78, 5) is 3.95. The van der Waals surface area contributed by atoms with Crippen molar-refractivity contribution in [1.82, 2.24) is 25.1 Å². The number of rotatable bonds is 6. The number of aliphatic hydroxyl groups is 1. The summed E-state index contributed by atoms with van der Waals surface area (Å²) in [6, 6.07) is 4.10. The number of hydrogen-bond donors (Lipinski definition) is 2. The van der Waals surface area contributed by atoms with Crippen molar-refractivity contribution >= 4 is 23.1 Å². The fourth-order valence-electron chi connectivity index (χ4n) is 2.08. The van der Waals surface area contributed by atoms with Crippen LogP contribution in [0.15, 0.2) is 40.5 Å². The van der Waals surface area contributed by atoms with E-state index in [2.05, 4.69) is 30.8 Å². The quantitative estimate of drug-likeness (QED) is 0.502. The maximum atomic E-state index is 13.3. The van der Waals surface area contributed by atoms with Gasteiger partial charge in [0.15, 0.2) is 11.5 Å². The first-order valence-electron chi connectivity index (χ1n) is 7.19. The van der Waals surface area contributed by atoms with Crippen LogP contribution in [0.5, 0.6) is 0 Å².